The number of nitrogens with one attached hydrogen (secondary N) is 1. The van der Waals surface area contributed by atoms with E-state index >= 15 is 0 Å². The van der Waals surface area contributed by atoms with Crippen molar-refractivity contribution < 1.29 is 32.2 Å². The zero-order valence-corrected chi connectivity index (χ0v) is 16.1. The number of fused-ring (bicyclic) bond motifs is 1. The lowest BCUT2D eigenvalue weighted by Crippen LogP contribution is -2.30. The van der Waals surface area contributed by atoms with Crippen molar-refractivity contribution in [3.8, 4) is 5.75 Å². The average Bonchev–Trinajstić information content (AvgIpc) is 2.67. The molecule has 0 saturated heterocycles. The van der Waals surface area contributed by atoms with Crippen LogP contribution < -0.4 is 10.1 Å². The van der Waals surface area contributed by atoms with Gasteiger partial charge in [0.25, 0.3) is 5.91 Å². The number of anilines is 1. The van der Waals surface area contributed by atoms with E-state index in [9.17, 15) is 22.8 Å². The summed E-state index contributed by atoms with van der Waals surface area (Å²) in [7, 11) is 0. The summed E-state index contributed by atoms with van der Waals surface area (Å²) in [6.45, 7) is 1.37. The van der Waals surface area contributed by atoms with Gasteiger partial charge in [0, 0.05) is 11.1 Å². The normalized spacial score (nSPS) is 12.3. The molecule has 0 radical (unpaired) electrons. The Hall–Kier alpha value is -3.33. The second-order valence-corrected chi connectivity index (χ2v) is 6.54. The van der Waals surface area contributed by atoms with Crippen molar-refractivity contribution in [2.45, 2.75) is 19.4 Å². The highest BCUT2D eigenvalue weighted by molar-refractivity contribution is 6.29. The van der Waals surface area contributed by atoms with E-state index in [1.807, 2.05) is 0 Å². The molecule has 0 aliphatic rings. The fraction of sp³-hybridized carbons (Fsp3) is 0.150. The maximum absolute atomic E-state index is 12.3. The summed E-state index contributed by atoms with van der Waals surface area (Å²) in [5.41, 5.74) is 1.04. The van der Waals surface area contributed by atoms with E-state index in [1.165, 1.54) is 25.1 Å². The molecule has 30 heavy (non-hydrogen) atoms. The van der Waals surface area contributed by atoms with Crippen LogP contribution in [0.3, 0.4) is 0 Å². The number of amides is 1. The molecular weight excluding hydrogens is 425 g/mol. The first-order chi connectivity index (χ1) is 14.1. The third kappa shape index (κ3) is 5.60. The van der Waals surface area contributed by atoms with Gasteiger partial charge in [0.2, 0.25) is 0 Å². The number of pyridine rings is 1. The van der Waals surface area contributed by atoms with Crippen LogP contribution in [-0.4, -0.2) is 29.3 Å². The number of aromatic nitrogens is 1. The summed E-state index contributed by atoms with van der Waals surface area (Å²) in [5, 5.41) is 3.44. The Balaban J connectivity index is 1.61. The fourth-order valence-corrected chi connectivity index (χ4v) is 2.65. The molecule has 1 unspecified atom stereocenters. The molecule has 1 heterocycles. The number of benzene rings is 2. The molecule has 1 atom stereocenters. The van der Waals surface area contributed by atoms with E-state index in [1.54, 1.807) is 24.3 Å². The van der Waals surface area contributed by atoms with Crippen molar-refractivity contribution in [2.24, 2.45) is 0 Å². The van der Waals surface area contributed by atoms with Crippen LogP contribution in [0.15, 0.2) is 54.6 Å². The van der Waals surface area contributed by atoms with Gasteiger partial charge in [-0.3, -0.25) is 4.79 Å². The van der Waals surface area contributed by atoms with Gasteiger partial charge < -0.3 is 14.8 Å². The second kappa shape index (κ2) is 8.58. The molecule has 1 amide bonds. The average molecular weight is 439 g/mol. The van der Waals surface area contributed by atoms with E-state index < -0.39 is 30.1 Å². The van der Waals surface area contributed by atoms with Crippen molar-refractivity contribution >= 4 is 40.1 Å². The van der Waals surface area contributed by atoms with Crippen LogP contribution in [0.5, 0.6) is 5.75 Å². The quantitative estimate of drug-likeness (QED) is 0.449. The van der Waals surface area contributed by atoms with Gasteiger partial charge in [0.1, 0.15) is 10.9 Å². The molecule has 0 fully saturated rings. The maximum atomic E-state index is 12.3. The number of carbonyl (C=O) groups is 2. The maximum Gasteiger partial charge on any atom is 0.573 e. The van der Waals surface area contributed by atoms with Gasteiger partial charge in [-0.05, 0) is 61.5 Å². The monoisotopic (exact) mass is 438 g/mol. The first-order valence-electron chi connectivity index (χ1n) is 8.55. The lowest BCUT2D eigenvalue weighted by molar-refractivity contribution is -0.274. The van der Waals surface area contributed by atoms with Crippen LogP contribution in [0.1, 0.15) is 17.3 Å². The molecule has 1 N–H and O–H groups in total. The molecule has 0 aliphatic heterocycles. The van der Waals surface area contributed by atoms with Crippen LogP contribution in [0.25, 0.3) is 10.9 Å². The first kappa shape index (κ1) is 21.4. The van der Waals surface area contributed by atoms with Gasteiger partial charge >= 0.3 is 12.3 Å². The van der Waals surface area contributed by atoms with Gasteiger partial charge in [-0.25, -0.2) is 9.78 Å². The molecule has 3 rings (SSSR count). The summed E-state index contributed by atoms with van der Waals surface area (Å²) in [6.07, 6.45) is -5.96. The Morgan fingerprint density at radius 3 is 2.43 bits per heavy atom. The third-order valence-electron chi connectivity index (χ3n) is 3.90. The smallest absolute Gasteiger partial charge is 0.449 e. The topological polar surface area (TPSA) is 77.5 Å². The van der Waals surface area contributed by atoms with Crippen LogP contribution in [0, 0.1) is 0 Å². The van der Waals surface area contributed by atoms with E-state index in [2.05, 4.69) is 15.0 Å². The summed E-state index contributed by atoms with van der Waals surface area (Å²) in [6, 6.07) is 12.5. The predicted octanol–water partition coefficient (Wildman–Crippen LogP) is 4.97. The molecule has 3 aromatic rings. The number of carbonyl (C=O) groups excluding carboxylic acids is 2. The van der Waals surface area contributed by atoms with Gasteiger partial charge in [-0.1, -0.05) is 11.6 Å². The standard InChI is InChI=1S/C20H14ClF3N2O4/c1-11(18(27)25-14-4-6-15(7-5-14)30-20(22,23)24)29-19(28)13-2-8-16-12(10-13)3-9-17(21)26-16/h2-11H,1H3,(H,25,27). The zero-order chi connectivity index (χ0) is 21.9. The highest BCUT2D eigenvalue weighted by atomic mass is 35.5. The van der Waals surface area contributed by atoms with Crippen molar-refractivity contribution in [3.05, 3.63) is 65.3 Å². The Kier molecular flexibility index (Phi) is 6.12. The molecule has 0 saturated carbocycles. The minimum Gasteiger partial charge on any atom is -0.449 e. The highest BCUT2D eigenvalue weighted by Gasteiger charge is 2.31. The number of ether oxygens (including phenoxy) is 2. The molecule has 2 aromatic carbocycles. The molecule has 156 valence electrons. The minimum absolute atomic E-state index is 0.214. The minimum atomic E-state index is -4.81. The highest BCUT2D eigenvalue weighted by Crippen LogP contribution is 2.24. The fourth-order valence-electron chi connectivity index (χ4n) is 2.49. The molecule has 0 bridgehead atoms. The van der Waals surface area contributed by atoms with Gasteiger partial charge in [-0.2, -0.15) is 0 Å². The second-order valence-electron chi connectivity index (χ2n) is 6.15. The van der Waals surface area contributed by atoms with Crippen molar-refractivity contribution in [3.63, 3.8) is 0 Å². The van der Waals surface area contributed by atoms with Crippen LogP contribution in [-0.2, 0) is 9.53 Å². The van der Waals surface area contributed by atoms with Crippen molar-refractivity contribution in [1.82, 2.24) is 4.98 Å². The summed E-state index contributed by atoms with van der Waals surface area (Å²) >= 11 is 5.82. The molecule has 0 aliphatic carbocycles. The van der Waals surface area contributed by atoms with Crippen molar-refractivity contribution in [1.29, 1.82) is 0 Å². The van der Waals surface area contributed by atoms with E-state index in [-0.39, 0.29) is 11.3 Å². The summed E-state index contributed by atoms with van der Waals surface area (Å²) in [5.74, 6) is -1.79. The SMILES string of the molecule is CC(OC(=O)c1ccc2nc(Cl)ccc2c1)C(=O)Nc1ccc(OC(F)(F)F)cc1. The predicted molar refractivity (Wildman–Crippen MR) is 103 cm³/mol. The van der Waals surface area contributed by atoms with Crippen LogP contribution >= 0.6 is 11.6 Å². The number of hydrogen-bond acceptors (Lipinski definition) is 5. The van der Waals surface area contributed by atoms with E-state index in [4.69, 9.17) is 16.3 Å². The zero-order valence-electron chi connectivity index (χ0n) is 15.4. The molecule has 6 nitrogen and oxygen atoms in total. The number of hydrogen-bond donors (Lipinski definition) is 1. The van der Waals surface area contributed by atoms with E-state index in [0.29, 0.717) is 16.1 Å². The Morgan fingerprint density at radius 2 is 1.77 bits per heavy atom. The van der Waals surface area contributed by atoms with E-state index in [0.717, 1.165) is 12.1 Å². The Morgan fingerprint density at radius 1 is 1.07 bits per heavy atom. The molecule has 1 aromatic heterocycles. The van der Waals surface area contributed by atoms with Gasteiger partial charge in [-0.15, -0.1) is 13.2 Å². The first-order valence-corrected chi connectivity index (χ1v) is 8.92. The van der Waals surface area contributed by atoms with Crippen LogP contribution in [0.2, 0.25) is 5.15 Å². The summed E-state index contributed by atoms with van der Waals surface area (Å²) in [4.78, 5) is 28.7. The number of halogens is 4. The number of alkyl halides is 3. The third-order valence-corrected chi connectivity index (χ3v) is 4.11. The number of rotatable bonds is 5. The van der Waals surface area contributed by atoms with Gasteiger partial charge in [0.05, 0.1) is 11.1 Å². The Bertz CT molecular complexity index is 1090. The van der Waals surface area contributed by atoms with Crippen molar-refractivity contribution in [2.75, 3.05) is 5.32 Å². The molecular formula is C20H14ClF3N2O4. The molecule has 0 spiro atoms. The Labute approximate surface area is 173 Å². The lowest BCUT2D eigenvalue weighted by Gasteiger charge is -2.14. The molecule has 10 heteroatoms. The largest absolute Gasteiger partial charge is 0.573 e. The lowest BCUT2D eigenvalue weighted by atomic mass is 10.1. The summed E-state index contributed by atoms with van der Waals surface area (Å²) < 4.78 is 45.4. The number of nitrogens with zero attached hydrogens (tertiary/aromatic N) is 1. The van der Waals surface area contributed by atoms with Gasteiger partial charge in [0.15, 0.2) is 6.10 Å². The number of esters is 1. The van der Waals surface area contributed by atoms with Crippen LogP contribution in [0.4, 0.5) is 18.9 Å².